The Labute approximate surface area is 85.4 Å². The van der Waals surface area contributed by atoms with Crippen LogP contribution in [0.15, 0.2) is 12.2 Å². The van der Waals surface area contributed by atoms with Gasteiger partial charge in [0.1, 0.15) is 0 Å². The van der Waals surface area contributed by atoms with Gasteiger partial charge in [0.15, 0.2) is 0 Å². The number of aliphatic hydroxyl groups excluding tert-OH is 1. The molecule has 1 atom stereocenters. The van der Waals surface area contributed by atoms with Crippen molar-refractivity contribution in [3.05, 3.63) is 12.2 Å². The summed E-state index contributed by atoms with van der Waals surface area (Å²) in [6.07, 6.45) is 7.67. The molecule has 0 saturated carbocycles. The molecule has 0 saturated heterocycles. The second-order valence-corrected chi connectivity index (χ2v) is 3.44. The van der Waals surface area contributed by atoms with Crippen molar-refractivity contribution >= 4 is 5.97 Å². The van der Waals surface area contributed by atoms with Crippen molar-refractivity contribution in [2.24, 2.45) is 5.92 Å². The lowest BCUT2D eigenvalue weighted by atomic mass is 9.98. The fourth-order valence-corrected chi connectivity index (χ4v) is 1.30. The van der Waals surface area contributed by atoms with Gasteiger partial charge >= 0.3 is 5.97 Å². The van der Waals surface area contributed by atoms with Gasteiger partial charge in [-0.05, 0) is 25.2 Å². The summed E-state index contributed by atoms with van der Waals surface area (Å²) in [5.74, 6) is -0.694. The Kier molecular flexibility index (Phi) is 8.24. The number of aliphatic carboxylic acids is 1. The Balaban J connectivity index is 3.89. The first kappa shape index (κ1) is 13.2. The maximum Gasteiger partial charge on any atom is 0.303 e. The summed E-state index contributed by atoms with van der Waals surface area (Å²) in [6.45, 7) is 2.22. The van der Waals surface area contributed by atoms with Crippen LogP contribution in [0.5, 0.6) is 0 Å². The normalized spacial score (nSPS) is 13.3. The van der Waals surface area contributed by atoms with Crippen molar-refractivity contribution in [3.63, 3.8) is 0 Å². The number of carboxylic acid groups (broad SMARTS) is 1. The van der Waals surface area contributed by atoms with Crippen molar-refractivity contribution in [2.45, 2.75) is 39.0 Å². The number of allylic oxidation sites excluding steroid dienone is 2. The number of carbonyl (C=O) groups is 1. The molecule has 0 bridgehead atoms. The number of unbranched alkanes of at least 4 members (excludes halogenated alkanes) is 1. The number of aliphatic hydroxyl groups is 1. The molecule has 0 aliphatic rings. The van der Waals surface area contributed by atoms with Crippen LogP contribution in [-0.2, 0) is 4.79 Å². The van der Waals surface area contributed by atoms with Crippen molar-refractivity contribution in [3.8, 4) is 0 Å². The lowest BCUT2D eigenvalue weighted by Crippen LogP contribution is -2.06. The topological polar surface area (TPSA) is 57.5 Å². The Morgan fingerprint density at radius 1 is 1.50 bits per heavy atom. The molecule has 0 aliphatic carbocycles. The van der Waals surface area contributed by atoms with E-state index in [0.29, 0.717) is 6.42 Å². The largest absolute Gasteiger partial charge is 0.481 e. The van der Waals surface area contributed by atoms with E-state index in [9.17, 15) is 4.79 Å². The minimum atomic E-state index is -0.769. The van der Waals surface area contributed by atoms with Gasteiger partial charge in [-0.25, -0.2) is 0 Å². The van der Waals surface area contributed by atoms with Gasteiger partial charge in [-0.1, -0.05) is 25.5 Å². The average molecular weight is 200 g/mol. The van der Waals surface area contributed by atoms with Crippen molar-refractivity contribution in [2.75, 3.05) is 6.61 Å². The highest BCUT2D eigenvalue weighted by molar-refractivity contribution is 5.67. The Hall–Kier alpha value is -0.830. The summed E-state index contributed by atoms with van der Waals surface area (Å²) in [5.41, 5.74) is 0. The van der Waals surface area contributed by atoms with Gasteiger partial charge in [0.05, 0.1) is 6.42 Å². The van der Waals surface area contributed by atoms with Gasteiger partial charge in [-0.15, -0.1) is 0 Å². The van der Waals surface area contributed by atoms with Crippen molar-refractivity contribution < 1.29 is 15.0 Å². The zero-order chi connectivity index (χ0) is 10.8. The van der Waals surface area contributed by atoms with E-state index in [1.807, 2.05) is 12.2 Å². The van der Waals surface area contributed by atoms with Crippen LogP contribution >= 0.6 is 0 Å². The highest BCUT2D eigenvalue weighted by Gasteiger charge is 2.08. The van der Waals surface area contributed by atoms with Gasteiger partial charge < -0.3 is 10.2 Å². The van der Waals surface area contributed by atoms with E-state index in [1.165, 1.54) is 0 Å². The third-order valence-corrected chi connectivity index (χ3v) is 2.03. The van der Waals surface area contributed by atoms with E-state index < -0.39 is 5.97 Å². The van der Waals surface area contributed by atoms with Crippen molar-refractivity contribution in [1.29, 1.82) is 0 Å². The molecule has 82 valence electrons. The lowest BCUT2D eigenvalue weighted by molar-refractivity contribution is -0.137. The summed E-state index contributed by atoms with van der Waals surface area (Å²) < 4.78 is 0. The van der Waals surface area contributed by atoms with E-state index in [1.54, 1.807) is 0 Å². The quantitative estimate of drug-likeness (QED) is 0.590. The SMILES string of the molecule is CCC/C=C/C(CCCO)CC(=O)O. The molecule has 2 N–H and O–H groups in total. The van der Waals surface area contributed by atoms with E-state index in [2.05, 4.69) is 6.92 Å². The predicted octanol–water partition coefficient (Wildman–Crippen LogP) is 2.21. The molecule has 0 aliphatic heterocycles. The first-order valence-corrected chi connectivity index (χ1v) is 5.20. The number of rotatable bonds is 8. The van der Waals surface area contributed by atoms with Gasteiger partial charge in [-0.3, -0.25) is 4.79 Å². The van der Waals surface area contributed by atoms with Crippen LogP contribution in [-0.4, -0.2) is 22.8 Å². The molecule has 0 aromatic rings. The molecule has 0 heterocycles. The summed E-state index contributed by atoms with van der Waals surface area (Å²) in [4.78, 5) is 10.5. The van der Waals surface area contributed by atoms with E-state index in [4.69, 9.17) is 10.2 Å². The van der Waals surface area contributed by atoms with E-state index in [-0.39, 0.29) is 18.9 Å². The number of hydrogen-bond acceptors (Lipinski definition) is 2. The minimum Gasteiger partial charge on any atom is -0.481 e. The molecule has 1 unspecified atom stereocenters. The molecule has 0 radical (unpaired) electrons. The van der Waals surface area contributed by atoms with Gasteiger partial charge in [0, 0.05) is 6.61 Å². The monoisotopic (exact) mass is 200 g/mol. The highest BCUT2D eigenvalue weighted by Crippen LogP contribution is 2.13. The molecular formula is C11H20O3. The molecule has 0 spiro atoms. The fourth-order valence-electron chi connectivity index (χ4n) is 1.30. The third-order valence-electron chi connectivity index (χ3n) is 2.03. The van der Waals surface area contributed by atoms with Crippen LogP contribution in [0.4, 0.5) is 0 Å². The Bertz CT molecular complexity index is 175. The molecule has 0 fully saturated rings. The van der Waals surface area contributed by atoms with Gasteiger partial charge in [-0.2, -0.15) is 0 Å². The second-order valence-electron chi connectivity index (χ2n) is 3.44. The summed E-state index contributed by atoms with van der Waals surface area (Å²) in [6, 6.07) is 0. The molecule has 0 rings (SSSR count). The molecule has 3 nitrogen and oxygen atoms in total. The Morgan fingerprint density at radius 2 is 2.21 bits per heavy atom. The van der Waals surface area contributed by atoms with Crippen molar-refractivity contribution in [1.82, 2.24) is 0 Å². The number of hydrogen-bond donors (Lipinski definition) is 2. The third kappa shape index (κ3) is 7.80. The van der Waals surface area contributed by atoms with E-state index >= 15 is 0 Å². The minimum absolute atomic E-state index is 0.0752. The summed E-state index contributed by atoms with van der Waals surface area (Å²) >= 11 is 0. The van der Waals surface area contributed by atoms with Gasteiger partial charge in [0.2, 0.25) is 0 Å². The fraction of sp³-hybridized carbons (Fsp3) is 0.727. The zero-order valence-corrected chi connectivity index (χ0v) is 8.78. The summed E-state index contributed by atoms with van der Waals surface area (Å²) in [7, 11) is 0. The molecular weight excluding hydrogens is 180 g/mol. The first-order valence-electron chi connectivity index (χ1n) is 5.20. The van der Waals surface area contributed by atoms with Crippen LogP contribution in [0.1, 0.15) is 39.0 Å². The van der Waals surface area contributed by atoms with Crippen LogP contribution < -0.4 is 0 Å². The molecule has 3 heteroatoms. The van der Waals surface area contributed by atoms with Crippen LogP contribution in [0.25, 0.3) is 0 Å². The van der Waals surface area contributed by atoms with Gasteiger partial charge in [0.25, 0.3) is 0 Å². The molecule has 0 aromatic heterocycles. The number of carboxylic acids is 1. The lowest BCUT2D eigenvalue weighted by Gasteiger charge is -2.08. The molecule has 14 heavy (non-hydrogen) atoms. The van der Waals surface area contributed by atoms with Crippen LogP contribution in [0, 0.1) is 5.92 Å². The Morgan fingerprint density at radius 3 is 2.71 bits per heavy atom. The average Bonchev–Trinajstić information content (AvgIpc) is 2.13. The van der Waals surface area contributed by atoms with Crippen LogP contribution in [0.2, 0.25) is 0 Å². The molecule has 0 amide bonds. The zero-order valence-electron chi connectivity index (χ0n) is 8.78. The van der Waals surface area contributed by atoms with E-state index in [0.717, 1.165) is 19.3 Å². The smallest absolute Gasteiger partial charge is 0.303 e. The van der Waals surface area contributed by atoms with Crippen LogP contribution in [0.3, 0.4) is 0 Å². The maximum absolute atomic E-state index is 10.5. The second kappa shape index (κ2) is 8.75. The maximum atomic E-state index is 10.5. The first-order chi connectivity index (χ1) is 6.70. The standard InChI is InChI=1S/C11H20O3/c1-2-3-4-6-10(7-5-8-12)9-11(13)14/h4,6,10,12H,2-3,5,7-9H2,1H3,(H,13,14)/b6-4+. The molecule has 0 aromatic carbocycles. The highest BCUT2D eigenvalue weighted by atomic mass is 16.4. The summed E-state index contributed by atoms with van der Waals surface area (Å²) in [5, 5.41) is 17.3. The predicted molar refractivity (Wildman–Crippen MR) is 56.1 cm³/mol.